The van der Waals surface area contributed by atoms with E-state index >= 15 is 0 Å². The van der Waals surface area contributed by atoms with Crippen molar-refractivity contribution in [2.75, 3.05) is 13.2 Å². The lowest BCUT2D eigenvalue weighted by Gasteiger charge is -2.31. The highest BCUT2D eigenvalue weighted by Gasteiger charge is 2.33. The third-order valence-corrected chi connectivity index (χ3v) is 4.45. The fourth-order valence-corrected chi connectivity index (χ4v) is 3.20. The number of carbonyl (C=O) groups is 1. The first kappa shape index (κ1) is 13.8. The monoisotopic (exact) mass is 254 g/mol. The number of hydrogen-bond donors (Lipinski definition) is 2. The van der Waals surface area contributed by atoms with Gasteiger partial charge in [-0.3, -0.25) is 4.79 Å². The van der Waals surface area contributed by atoms with Crippen LogP contribution in [0.2, 0.25) is 0 Å². The molecule has 1 heterocycles. The summed E-state index contributed by atoms with van der Waals surface area (Å²) >= 11 is 0. The number of nitrogens with one attached hydrogen (secondary N) is 1. The van der Waals surface area contributed by atoms with E-state index in [1.165, 1.54) is 32.1 Å². The van der Waals surface area contributed by atoms with Gasteiger partial charge in [-0.15, -0.1) is 0 Å². The van der Waals surface area contributed by atoms with Gasteiger partial charge in [0, 0.05) is 19.2 Å². The van der Waals surface area contributed by atoms with E-state index in [9.17, 15) is 4.79 Å². The van der Waals surface area contributed by atoms with Crippen LogP contribution in [0.3, 0.4) is 0 Å². The van der Waals surface area contributed by atoms with Crippen LogP contribution in [0.25, 0.3) is 0 Å². The second-order valence-electron chi connectivity index (χ2n) is 5.81. The van der Waals surface area contributed by atoms with Gasteiger partial charge in [0.15, 0.2) is 0 Å². The van der Waals surface area contributed by atoms with Gasteiger partial charge in [-0.25, -0.2) is 0 Å². The lowest BCUT2D eigenvalue weighted by Crippen LogP contribution is -2.50. The van der Waals surface area contributed by atoms with E-state index in [4.69, 9.17) is 10.5 Å². The molecule has 1 aliphatic heterocycles. The van der Waals surface area contributed by atoms with Crippen molar-refractivity contribution in [1.82, 2.24) is 5.32 Å². The Morgan fingerprint density at radius 3 is 2.61 bits per heavy atom. The van der Waals surface area contributed by atoms with E-state index in [-0.39, 0.29) is 18.1 Å². The Balaban J connectivity index is 1.86. The van der Waals surface area contributed by atoms with Crippen LogP contribution in [-0.4, -0.2) is 31.2 Å². The van der Waals surface area contributed by atoms with Crippen LogP contribution < -0.4 is 11.1 Å². The summed E-state index contributed by atoms with van der Waals surface area (Å²) in [5.74, 6) is 0.931. The predicted molar refractivity (Wildman–Crippen MR) is 71.1 cm³/mol. The smallest absolute Gasteiger partial charge is 0.249 e. The van der Waals surface area contributed by atoms with Crippen LogP contribution in [0.1, 0.15) is 45.4 Å². The predicted octanol–water partition coefficient (Wildman–Crippen LogP) is 1.44. The van der Waals surface area contributed by atoms with Crippen LogP contribution in [-0.2, 0) is 9.53 Å². The minimum atomic E-state index is -0.261. The second-order valence-corrected chi connectivity index (χ2v) is 5.81. The van der Waals surface area contributed by atoms with Crippen LogP contribution in [0.15, 0.2) is 0 Å². The topological polar surface area (TPSA) is 64.3 Å². The molecule has 0 aromatic rings. The fraction of sp³-hybridized carbons (Fsp3) is 0.929. The lowest BCUT2D eigenvalue weighted by molar-refractivity contribution is -0.132. The summed E-state index contributed by atoms with van der Waals surface area (Å²) in [6, 6.07) is 0.134. The molecule has 1 aliphatic carbocycles. The summed E-state index contributed by atoms with van der Waals surface area (Å²) < 4.78 is 5.51. The molecular formula is C14H26N2O2. The van der Waals surface area contributed by atoms with Crippen LogP contribution in [0.5, 0.6) is 0 Å². The summed E-state index contributed by atoms with van der Waals surface area (Å²) in [5, 5.41) is 3.12. The molecule has 2 fully saturated rings. The van der Waals surface area contributed by atoms with Crippen LogP contribution in [0.4, 0.5) is 0 Å². The number of ether oxygens (including phenoxy) is 1. The van der Waals surface area contributed by atoms with Gasteiger partial charge in [-0.05, 0) is 31.1 Å². The van der Waals surface area contributed by atoms with E-state index in [0.717, 1.165) is 6.42 Å². The number of carbonyl (C=O) groups excluding carboxylic acids is 1. The molecule has 1 saturated heterocycles. The molecule has 1 saturated carbocycles. The summed E-state index contributed by atoms with van der Waals surface area (Å²) in [5.41, 5.74) is 5.83. The average Bonchev–Trinajstić information content (AvgIpc) is 2.83. The summed E-state index contributed by atoms with van der Waals surface area (Å²) in [6.45, 7) is 3.32. The molecule has 0 aromatic heterocycles. The molecule has 0 spiro atoms. The number of nitrogens with two attached hydrogens (primary N) is 1. The van der Waals surface area contributed by atoms with E-state index in [1.54, 1.807) is 0 Å². The van der Waals surface area contributed by atoms with Crippen LogP contribution >= 0.6 is 0 Å². The van der Waals surface area contributed by atoms with E-state index in [2.05, 4.69) is 12.2 Å². The van der Waals surface area contributed by atoms with E-state index in [0.29, 0.717) is 25.0 Å². The van der Waals surface area contributed by atoms with Crippen molar-refractivity contribution in [3.8, 4) is 0 Å². The Morgan fingerprint density at radius 2 is 2.06 bits per heavy atom. The maximum Gasteiger partial charge on any atom is 0.249 e. The van der Waals surface area contributed by atoms with Crippen LogP contribution in [0, 0.1) is 11.8 Å². The minimum Gasteiger partial charge on any atom is -0.368 e. The van der Waals surface area contributed by atoms with Gasteiger partial charge in [0.1, 0.15) is 6.10 Å². The molecule has 0 aromatic carbocycles. The quantitative estimate of drug-likeness (QED) is 0.798. The molecule has 3 N–H and O–H groups in total. The highest BCUT2D eigenvalue weighted by atomic mass is 16.5. The first-order chi connectivity index (χ1) is 8.72. The SMILES string of the molecule is CC1CCOC1C(=O)NC(CN)C1CCCCC1. The molecule has 104 valence electrons. The molecule has 3 atom stereocenters. The first-order valence-corrected chi connectivity index (χ1v) is 7.34. The first-order valence-electron chi connectivity index (χ1n) is 7.34. The molecular weight excluding hydrogens is 228 g/mol. The molecule has 3 unspecified atom stereocenters. The normalized spacial score (nSPS) is 31.2. The average molecular weight is 254 g/mol. The van der Waals surface area contributed by atoms with Gasteiger partial charge in [0.25, 0.3) is 0 Å². The zero-order chi connectivity index (χ0) is 13.0. The van der Waals surface area contributed by atoms with Crippen molar-refractivity contribution in [2.45, 2.75) is 57.6 Å². The van der Waals surface area contributed by atoms with Crippen molar-refractivity contribution < 1.29 is 9.53 Å². The number of hydrogen-bond acceptors (Lipinski definition) is 3. The van der Waals surface area contributed by atoms with Gasteiger partial charge in [-0.2, -0.15) is 0 Å². The van der Waals surface area contributed by atoms with Gasteiger partial charge in [0.2, 0.25) is 5.91 Å². The fourth-order valence-electron chi connectivity index (χ4n) is 3.20. The highest BCUT2D eigenvalue weighted by Crippen LogP contribution is 2.27. The molecule has 0 bridgehead atoms. The Morgan fingerprint density at radius 1 is 1.33 bits per heavy atom. The number of rotatable bonds is 4. The molecule has 2 rings (SSSR count). The molecule has 0 radical (unpaired) electrons. The minimum absolute atomic E-state index is 0.0426. The van der Waals surface area contributed by atoms with Crippen molar-refractivity contribution in [3.05, 3.63) is 0 Å². The van der Waals surface area contributed by atoms with Gasteiger partial charge in [0.05, 0.1) is 0 Å². The standard InChI is InChI=1S/C14H26N2O2/c1-10-7-8-18-13(10)14(17)16-12(9-15)11-5-3-2-4-6-11/h10-13H,2-9,15H2,1H3,(H,16,17). The van der Waals surface area contributed by atoms with Gasteiger partial charge >= 0.3 is 0 Å². The Kier molecular flexibility index (Phi) is 5.01. The Hall–Kier alpha value is -0.610. The van der Waals surface area contributed by atoms with Crippen molar-refractivity contribution in [3.63, 3.8) is 0 Å². The van der Waals surface area contributed by atoms with Gasteiger partial charge in [-0.1, -0.05) is 26.2 Å². The third-order valence-electron chi connectivity index (χ3n) is 4.45. The number of amides is 1. The summed E-state index contributed by atoms with van der Waals surface area (Å²) in [4.78, 5) is 12.2. The zero-order valence-corrected chi connectivity index (χ0v) is 11.4. The largest absolute Gasteiger partial charge is 0.368 e. The molecule has 2 aliphatic rings. The summed E-state index contributed by atoms with van der Waals surface area (Å²) in [6.07, 6.45) is 6.98. The zero-order valence-electron chi connectivity index (χ0n) is 11.4. The molecule has 4 nitrogen and oxygen atoms in total. The van der Waals surface area contributed by atoms with E-state index < -0.39 is 0 Å². The maximum absolute atomic E-state index is 12.2. The molecule has 4 heteroatoms. The second kappa shape index (κ2) is 6.53. The Labute approximate surface area is 110 Å². The van der Waals surface area contributed by atoms with E-state index in [1.807, 2.05) is 0 Å². The summed E-state index contributed by atoms with van der Waals surface area (Å²) in [7, 11) is 0. The molecule has 18 heavy (non-hydrogen) atoms. The molecule has 1 amide bonds. The van der Waals surface area contributed by atoms with Crippen molar-refractivity contribution in [2.24, 2.45) is 17.6 Å². The van der Waals surface area contributed by atoms with Gasteiger partial charge < -0.3 is 15.8 Å². The van der Waals surface area contributed by atoms with Crippen molar-refractivity contribution >= 4 is 5.91 Å². The lowest BCUT2D eigenvalue weighted by atomic mass is 9.83. The highest BCUT2D eigenvalue weighted by molar-refractivity contribution is 5.81. The van der Waals surface area contributed by atoms with Crippen molar-refractivity contribution in [1.29, 1.82) is 0 Å². The maximum atomic E-state index is 12.2. The third kappa shape index (κ3) is 3.23. The Bertz CT molecular complexity index is 277.